The zero-order valence-electron chi connectivity index (χ0n) is 12.5. The Labute approximate surface area is 141 Å². The van der Waals surface area contributed by atoms with Crippen molar-refractivity contribution in [2.24, 2.45) is 0 Å². The van der Waals surface area contributed by atoms with Gasteiger partial charge in [0.25, 0.3) is 5.91 Å². The second kappa shape index (κ2) is 6.33. The van der Waals surface area contributed by atoms with E-state index in [2.05, 4.69) is 15.0 Å². The largest absolute Gasteiger partial charge is 0.465 e. The summed E-state index contributed by atoms with van der Waals surface area (Å²) in [4.78, 5) is 26.9. The molecule has 3 rings (SSSR count). The number of nitrogens with one attached hydrogen (secondary N) is 2. The Balaban J connectivity index is 1.93. The third-order valence-electron chi connectivity index (χ3n) is 3.52. The van der Waals surface area contributed by atoms with Crippen LogP contribution in [-0.4, -0.2) is 24.0 Å². The summed E-state index contributed by atoms with van der Waals surface area (Å²) in [7, 11) is 1.26. The number of aromatic amines is 1. The summed E-state index contributed by atoms with van der Waals surface area (Å²) in [6.45, 7) is 0. The van der Waals surface area contributed by atoms with Gasteiger partial charge in [0.1, 0.15) is 5.82 Å². The van der Waals surface area contributed by atoms with Crippen molar-refractivity contribution in [2.75, 3.05) is 12.4 Å². The van der Waals surface area contributed by atoms with Crippen molar-refractivity contribution in [2.45, 2.75) is 0 Å². The number of methoxy groups -OCH3 is 1. The second-order valence-electron chi connectivity index (χ2n) is 5.03. The quantitative estimate of drug-likeness (QED) is 0.704. The number of ether oxygens (including phenoxy) is 1. The SMILES string of the molecule is COC(=O)c1ccc(Cl)c(NC(=O)c2c[nH]c3cc(F)ccc23)c1. The first kappa shape index (κ1) is 16.0. The maximum Gasteiger partial charge on any atom is 0.337 e. The van der Waals surface area contributed by atoms with Gasteiger partial charge in [0.05, 0.1) is 28.9 Å². The van der Waals surface area contributed by atoms with Gasteiger partial charge in [-0.3, -0.25) is 4.79 Å². The molecule has 0 fully saturated rings. The van der Waals surface area contributed by atoms with Crippen LogP contribution in [-0.2, 0) is 4.74 Å². The van der Waals surface area contributed by atoms with Gasteiger partial charge < -0.3 is 15.0 Å². The fourth-order valence-corrected chi connectivity index (χ4v) is 2.51. The molecule has 7 heteroatoms. The number of fused-ring (bicyclic) bond motifs is 1. The van der Waals surface area contributed by atoms with Crippen molar-refractivity contribution in [3.8, 4) is 0 Å². The van der Waals surface area contributed by atoms with Gasteiger partial charge in [-0.15, -0.1) is 0 Å². The van der Waals surface area contributed by atoms with E-state index >= 15 is 0 Å². The molecule has 0 bridgehead atoms. The highest BCUT2D eigenvalue weighted by molar-refractivity contribution is 6.34. The number of hydrogen-bond donors (Lipinski definition) is 2. The van der Waals surface area contributed by atoms with Gasteiger partial charge in [-0.25, -0.2) is 9.18 Å². The maximum atomic E-state index is 13.2. The minimum atomic E-state index is -0.537. The van der Waals surface area contributed by atoms with Crippen LogP contribution in [0.3, 0.4) is 0 Å². The monoisotopic (exact) mass is 346 g/mol. The number of aromatic nitrogens is 1. The van der Waals surface area contributed by atoms with E-state index < -0.39 is 17.7 Å². The Hall–Kier alpha value is -2.86. The van der Waals surface area contributed by atoms with Crippen molar-refractivity contribution < 1.29 is 18.7 Å². The zero-order valence-corrected chi connectivity index (χ0v) is 13.3. The predicted octanol–water partition coefficient (Wildman–Crippen LogP) is 4.00. The van der Waals surface area contributed by atoms with E-state index in [1.807, 2.05) is 0 Å². The van der Waals surface area contributed by atoms with Crippen molar-refractivity contribution in [1.29, 1.82) is 0 Å². The summed E-state index contributed by atoms with van der Waals surface area (Å²) in [6.07, 6.45) is 1.48. The Bertz CT molecular complexity index is 952. The maximum absolute atomic E-state index is 13.2. The molecule has 0 radical (unpaired) electrons. The number of hydrogen-bond acceptors (Lipinski definition) is 3. The molecule has 2 N–H and O–H groups in total. The summed E-state index contributed by atoms with van der Waals surface area (Å²) in [5, 5.41) is 3.50. The first-order valence-corrected chi connectivity index (χ1v) is 7.33. The van der Waals surface area contributed by atoms with Crippen molar-refractivity contribution in [3.63, 3.8) is 0 Å². The molecule has 24 heavy (non-hydrogen) atoms. The number of esters is 1. The van der Waals surface area contributed by atoms with Gasteiger partial charge in [-0.05, 0) is 36.4 Å². The van der Waals surface area contributed by atoms with Crippen LogP contribution in [0.5, 0.6) is 0 Å². The summed E-state index contributed by atoms with van der Waals surface area (Å²) >= 11 is 6.06. The Morgan fingerprint density at radius 2 is 2.00 bits per heavy atom. The number of rotatable bonds is 3. The first-order valence-electron chi connectivity index (χ1n) is 6.95. The lowest BCUT2D eigenvalue weighted by Crippen LogP contribution is -2.12. The highest BCUT2D eigenvalue weighted by Gasteiger charge is 2.15. The van der Waals surface area contributed by atoms with E-state index in [9.17, 15) is 14.0 Å². The first-order chi connectivity index (χ1) is 11.5. The molecule has 0 aliphatic rings. The van der Waals surface area contributed by atoms with E-state index in [1.165, 1.54) is 49.7 Å². The number of amides is 1. The molecule has 1 heterocycles. The fraction of sp³-hybridized carbons (Fsp3) is 0.0588. The Morgan fingerprint density at radius 3 is 2.75 bits per heavy atom. The number of carbonyl (C=O) groups is 2. The van der Waals surface area contributed by atoms with Gasteiger partial charge in [0, 0.05) is 17.1 Å². The number of benzene rings is 2. The lowest BCUT2D eigenvalue weighted by Gasteiger charge is -2.08. The predicted molar refractivity (Wildman–Crippen MR) is 89.0 cm³/mol. The van der Waals surface area contributed by atoms with Crippen LogP contribution >= 0.6 is 11.6 Å². The average Bonchev–Trinajstić information content (AvgIpc) is 2.99. The molecule has 0 atom stereocenters. The van der Waals surface area contributed by atoms with Crippen LogP contribution in [0.4, 0.5) is 10.1 Å². The minimum Gasteiger partial charge on any atom is -0.465 e. The smallest absolute Gasteiger partial charge is 0.337 e. The second-order valence-corrected chi connectivity index (χ2v) is 5.44. The lowest BCUT2D eigenvalue weighted by molar-refractivity contribution is 0.0600. The van der Waals surface area contributed by atoms with Crippen LogP contribution < -0.4 is 5.32 Å². The lowest BCUT2D eigenvalue weighted by atomic mass is 10.1. The van der Waals surface area contributed by atoms with Crippen LogP contribution in [0.15, 0.2) is 42.6 Å². The molecule has 1 aromatic heterocycles. The molecule has 0 aliphatic carbocycles. The van der Waals surface area contributed by atoms with Gasteiger partial charge in [0.15, 0.2) is 0 Å². The highest BCUT2D eigenvalue weighted by Crippen LogP contribution is 2.26. The van der Waals surface area contributed by atoms with Crippen molar-refractivity contribution >= 4 is 40.1 Å². The molecular formula is C17H12ClFN2O3. The van der Waals surface area contributed by atoms with Crippen molar-refractivity contribution in [3.05, 3.63) is 64.6 Å². The Kier molecular flexibility index (Phi) is 4.22. The molecule has 3 aromatic rings. The van der Waals surface area contributed by atoms with Gasteiger partial charge in [0.2, 0.25) is 0 Å². The van der Waals surface area contributed by atoms with E-state index in [0.717, 1.165) is 0 Å². The van der Waals surface area contributed by atoms with Crippen molar-refractivity contribution in [1.82, 2.24) is 4.98 Å². The number of halogens is 2. The molecule has 0 saturated heterocycles. The van der Waals surface area contributed by atoms with E-state index in [-0.39, 0.29) is 16.3 Å². The Morgan fingerprint density at radius 1 is 1.21 bits per heavy atom. The van der Waals surface area contributed by atoms with Crippen LogP contribution in [0.2, 0.25) is 5.02 Å². The van der Waals surface area contributed by atoms with Gasteiger partial charge >= 0.3 is 5.97 Å². The average molecular weight is 347 g/mol. The molecule has 0 spiro atoms. The normalized spacial score (nSPS) is 10.6. The molecule has 1 amide bonds. The van der Waals surface area contributed by atoms with E-state index in [1.54, 1.807) is 0 Å². The topological polar surface area (TPSA) is 71.2 Å². The summed E-state index contributed by atoms with van der Waals surface area (Å²) < 4.78 is 17.9. The summed E-state index contributed by atoms with van der Waals surface area (Å²) in [5.74, 6) is -1.37. The molecule has 5 nitrogen and oxygen atoms in total. The van der Waals surface area contributed by atoms with Crippen LogP contribution in [0.1, 0.15) is 20.7 Å². The molecular weight excluding hydrogens is 335 g/mol. The summed E-state index contributed by atoms with van der Waals surface area (Å²) in [5.41, 5.74) is 1.39. The fourth-order valence-electron chi connectivity index (χ4n) is 2.34. The molecule has 0 aliphatic heterocycles. The standard InChI is InChI=1S/C17H12ClFN2O3/c1-24-17(23)9-2-5-13(18)15(6-9)21-16(22)12-8-20-14-7-10(19)3-4-11(12)14/h2-8,20H,1H3,(H,21,22). The molecule has 0 saturated carbocycles. The molecule has 0 unspecified atom stereocenters. The third-order valence-corrected chi connectivity index (χ3v) is 3.85. The highest BCUT2D eigenvalue weighted by atomic mass is 35.5. The molecule has 122 valence electrons. The minimum absolute atomic E-state index is 0.262. The third kappa shape index (κ3) is 2.96. The molecule has 2 aromatic carbocycles. The van der Waals surface area contributed by atoms with Crippen LogP contribution in [0.25, 0.3) is 10.9 Å². The number of anilines is 1. The number of carbonyl (C=O) groups excluding carboxylic acids is 2. The van der Waals surface area contributed by atoms with Crippen LogP contribution in [0, 0.1) is 5.82 Å². The summed E-state index contributed by atoms with van der Waals surface area (Å²) in [6, 6.07) is 8.52. The zero-order chi connectivity index (χ0) is 17.3. The van der Waals surface area contributed by atoms with E-state index in [4.69, 9.17) is 11.6 Å². The van der Waals surface area contributed by atoms with E-state index in [0.29, 0.717) is 16.5 Å². The van der Waals surface area contributed by atoms with Gasteiger partial charge in [-0.2, -0.15) is 0 Å². The van der Waals surface area contributed by atoms with Gasteiger partial charge in [-0.1, -0.05) is 11.6 Å². The number of H-pyrrole nitrogens is 1.